The van der Waals surface area contributed by atoms with E-state index in [1.165, 1.54) is 0 Å². The number of carbonyl (C=O) groups excluding carboxylic acids is 1. The number of aliphatic carboxylic acids is 1. The van der Waals surface area contributed by atoms with Crippen molar-refractivity contribution in [3.05, 3.63) is 24.0 Å². The van der Waals surface area contributed by atoms with Crippen LogP contribution in [0.2, 0.25) is 0 Å². The number of carbonyl (C=O) groups is 2. The highest BCUT2D eigenvalue weighted by Crippen LogP contribution is 2.36. The summed E-state index contributed by atoms with van der Waals surface area (Å²) in [5, 5.41) is 18.8. The second kappa shape index (κ2) is 9.44. The predicted octanol–water partition coefficient (Wildman–Crippen LogP) is 4.27. The third-order valence-electron chi connectivity index (χ3n) is 4.10. The molecule has 2 N–H and O–H groups in total. The van der Waals surface area contributed by atoms with Gasteiger partial charge in [-0.3, -0.25) is 9.59 Å². The topological polar surface area (TPSA) is 74.6 Å². The number of aliphatic hydroxyl groups excluding tert-OH is 1. The first-order chi connectivity index (χ1) is 10.4. The van der Waals surface area contributed by atoms with Crippen molar-refractivity contribution in [2.45, 2.75) is 58.8 Å². The van der Waals surface area contributed by atoms with Gasteiger partial charge in [-0.1, -0.05) is 26.0 Å². The van der Waals surface area contributed by atoms with Crippen LogP contribution >= 0.6 is 0 Å². The Labute approximate surface area is 132 Å². The minimum Gasteiger partial charge on any atom is -0.512 e. The van der Waals surface area contributed by atoms with E-state index in [9.17, 15) is 14.7 Å². The molecule has 0 aliphatic heterocycles. The monoisotopic (exact) mass is 308 g/mol. The summed E-state index contributed by atoms with van der Waals surface area (Å²) in [4.78, 5) is 22.4. The molecule has 2 atom stereocenters. The number of rotatable bonds is 9. The van der Waals surface area contributed by atoms with E-state index in [2.05, 4.69) is 13.8 Å². The fourth-order valence-electron chi connectivity index (χ4n) is 2.80. The lowest BCUT2D eigenvalue weighted by atomic mass is 9.89. The second-order valence-corrected chi connectivity index (χ2v) is 6.47. The third kappa shape index (κ3) is 6.46. The van der Waals surface area contributed by atoms with Crippen LogP contribution in [-0.2, 0) is 9.59 Å². The molecule has 0 aromatic carbocycles. The van der Waals surface area contributed by atoms with Crippen LogP contribution in [0, 0.1) is 17.8 Å². The van der Waals surface area contributed by atoms with E-state index >= 15 is 0 Å². The number of aliphatic hydroxyl groups is 1. The van der Waals surface area contributed by atoms with Crippen LogP contribution in [0.5, 0.6) is 0 Å². The fourth-order valence-corrected chi connectivity index (χ4v) is 2.80. The van der Waals surface area contributed by atoms with Gasteiger partial charge in [-0.2, -0.15) is 0 Å². The number of Topliss-reactive ketones (excluding diaryl/α,β-unsaturated/α-hetero) is 1. The Hall–Kier alpha value is -1.58. The highest BCUT2D eigenvalue weighted by molar-refractivity contribution is 5.84. The maximum absolute atomic E-state index is 12.0. The van der Waals surface area contributed by atoms with Gasteiger partial charge in [0.1, 0.15) is 5.78 Å². The highest BCUT2D eigenvalue weighted by Gasteiger charge is 2.35. The summed E-state index contributed by atoms with van der Waals surface area (Å²) >= 11 is 0. The van der Waals surface area contributed by atoms with Crippen LogP contribution < -0.4 is 0 Å². The van der Waals surface area contributed by atoms with E-state index in [1.54, 1.807) is 0 Å². The summed E-state index contributed by atoms with van der Waals surface area (Å²) in [6.45, 7) is 4.20. The minimum absolute atomic E-state index is 0.0464. The first-order valence-corrected chi connectivity index (χ1v) is 8.20. The van der Waals surface area contributed by atoms with Crippen molar-refractivity contribution in [1.29, 1.82) is 0 Å². The Morgan fingerprint density at radius 1 is 1.32 bits per heavy atom. The van der Waals surface area contributed by atoms with Gasteiger partial charge in [-0.05, 0) is 44.1 Å². The van der Waals surface area contributed by atoms with Crippen molar-refractivity contribution in [1.82, 2.24) is 0 Å². The summed E-state index contributed by atoms with van der Waals surface area (Å²) in [7, 11) is 0. The summed E-state index contributed by atoms with van der Waals surface area (Å²) in [6, 6.07) is 0. The lowest BCUT2D eigenvalue weighted by Crippen LogP contribution is -2.16. The van der Waals surface area contributed by atoms with Crippen molar-refractivity contribution >= 4 is 11.8 Å². The molecule has 1 fully saturated rings. The average Bonchev–Trinajstić information content (AvgIpc) is 2.81. The standard InChI is InChI=1S/C18H28O4/c1-13(2)9-11-16(19)15-10-12-17(20)14(15)7-5-3-4-6-8-18(21)22/h3,5,11,13-15,19H,4,6-10,12H2,1-2H3,(H,21,22)/b5-3?,16-11+/t14-,15-/m0/s1. The maximum Gasteiger partial charge on any atom is 0.303 e. The minimum atomic E-state index is -0.778. The van der Waals surface area contributed by atoms with Crippen LogP contribution in [0.3, 0.4) is 0 Å². The molecule has 1 aliphatic carbocycles. The zero-order valence-electron chi connectivity index (χ0n) is 13.6. The molecule has 0 radical (unpaired) electrons. The Kier molecular flexibility index (Phi) is 7.92. The number of hydrogen-bond donors (Lipinski definition) is 2. The van der Waals surface area contributed by atoms with Gasteiger partial charge in [0.15, 0.2) is 0 Å². The zero-order chi connectivity index (χ0) is 16.5. The van der Waals surface area contributed by atoms with Gasteiger partial charge >= 0.3 is 5.97 Å². The third-order valence-corrected chi connectivity index (χ3v) is 4.10. The van der Waals surface area contributed by atoms with Crippen LogP contribution in [0.25, 0.3) is 0 Å². The summed E-state index contributed by atoms with van der Waals surface area (Å²) < 4.78 is 0. The van der Waals surface area contributed by atoms with Crippen molar-refractivity contribution in [2.24, 2.45) is 17.8 Å². The van der Waals surface area contributed by atoms with Gasteiger partial charge in [0.25, 0.3) is 0 Å². The summed E-state index contributed by atoms with van der Waals surface area (Å²) in [6.07, 6.45) is 10.0. The summed E-state index contributed by atoms with van der Waals surface area (Å²) in [5.74, 6) is 0.133. The van der Waals surface area contributed by atoms with Crippen molar-refractivity contribution < 1.29 is 19.8 Å². The van der Waals surface area contributed by atoms with Gasteiger partial charge in [-0.15, -0.1) is 0 Å². The van der Waals surface area contributed by atoms with E-state index in [0.717, 1.165) is 12.8 Å². The van der Waals surface area contributed by atoms with Crippen LogP contribution in [0.15, 0.2) is 24.0 Å². The molecule has 4 heteroatoms. The van der Waals surface area contributed by atoms with E-state index in [4.69, 9.17) is 5.11 Å². The Balaban J connectivity index is 2.48. The largest absolute Gasteiger partial charge is 0.512 e. The van der Waals surface area contributed by atoms with Gasteiger partial charge in [0.2, 0.25) is 0 Å². The van der Waals surface area contributed by atoms with Crippen molar-refractivity contribution in [2.75, 3.05) is 0 Å². The highest BCUT2D eigenvalue weighted by atomic mass is 16.4. The Morgan fingerprint density at radius 3 is 2.68 bits per heavy atom. The average molecular weight is 308 g/mol. The SMILES string of the molecule is CC(C)C/C=C(/O)[C@H]1CCC(=O)[C@H]1CC=CCCCC(=O)O. The normalized spacial score (nSPS) is 22.9. The van der Waals surface area contributed by atoms with E-state index in [1.807, 2.05) is 18.2 Å². The van der Waals surface area contributed by atoms with E-state index in [0.29, 0.717) is 37.4 Å². The van der Waals surface area contributed by atoms with Gasteiger partial charge in [0.05, 0.1) is 5.76 Å². The van der Waals surface area contributed by atoms with Gasteiger partial charge in [0, 0.05) is 24.7 Å². The van der Waals surface area contributed by atoms with Crippen LogP contribution in [0.1, 0.15) is 58.8 Å². The van der Waals surface area contributed by atoms with Crippen LogP contribution in [0.4, 0.5) is 0 Å². The van der Waals surface area contributed by atoms with Gasteiger partial charge < -0.3 is 10.2 Å². The predicted molar refractivity (Wildman–Crippen MR) is 86.6 cm³/mol. The number of allylic oxidation sites excluding steroid dienone is 4. The number of carboxylic acids is 1. The molecule has 1 rings (SSSR count). The Bertz CT molecular complexity index is 434. The van der Waals surface area contributed by atoms with Crippen molar-refractivity contribution in [3.8, 4) is 0 Å². The smallest absolute Gasteiger partial charge is 0.303 e. The van der Waals surface area contributed by atoms with Crippen LogP contribution in [-0.4, -0.2) is 22.0 Å². The lowest BCUT2D eigenvalue weighted by molar-refractivity contribution is -0.137. The molecule has 0 amide bonds. The molecule has 0 aromatic heterocycles. The molecule has 4 nitrogen and oxygen atoms in total. The molecule has 1 saturated carbocycles. The second-order valence-electron chi connectivity index (χ2n) is 6.47. The molecule has 1 aliphatic rings. The maximum atomic E-state index is 12.0. The molecular formula is C18H28O4. The lowest BCUT2D eigenvalue weighted by Gasteiger charge is -2.16. The number of ketones is 1. The number of unbranched alkanes of at least 4 members (excludes halogenated alkanes) is 1. The molecule has 0 aromatic rings. The quantitative estimate of drug-likeness (QED) is 0.379. The first-order valence-electron chi connectivity index (χ1n) is 8.20. The molecule has 0 saturated heterocycles. The van der Waals surface area contributed by atoms with E-state index in [-0.39, 0.29) is 24.0 Å². The fraction of sp³-hybridized carbons (Fsp3) is 0.667. The molecule has 0 unspecified atom stereocenters. The first kappa shape index (κ1) is 18.5. The molecule has 124 valence electrons. The number of hydrogen-bond acceptors (Lipinski definition) is 3. The van der Waals surface area contributed by atoms with E-state index < -0.39 is 5.97 Å². The van der Waals surface area contributed by atoms with Gasteiger partial charge in [-0.25, -0.2) is 0 Å². The molecule has 0 heterocycles. The summed E-state index contributed by atoms with van der Waals surface area (Å²) in [5.41, 5.74) is 0. The molecule has 0 bridgehead atoms. The molecule has 0 spiro atoms. The number of carboxylic acid groups (broad SMARTS) is 1. The van der Waals surface area contributed by atoms with Crippen molar-refractivity contribution in [3.63, 3.8) is 0 Å². The molecular weight excluding hydrogens is 280 g/mol. The molecule has 22 heavy (non-hydrogen) atoms. The Morgan fingerprint density at radius 2 is 2.05 bits per heavy atom. The zero-order valence-corrected chi connectivity index (χ0v) is 13.6.